The molecule has 66 heavy (non-hydrogen) atoms. The number of oxime groups is 1. The first-order valence-corrected chi connectivity index (χ1v) is 24.9. The van der Waals surface area contributed by atoms with Crippen LogP contribution in [0.25, 0.3) is 0 Å². The molecular formula is C55H71FN2O8. The number of aryl methyl sites for hydroxylation is 2. The molecular weight excluding hydrogens is 836 g/mol. The Bertz CT molecular complexity index is 2160. The highest BCUT2D eigenvalue weighted by Gasteiger charge is 2.65. The molecule has 3 fully saturated rings. The molecule has 7 atom stereocenters. The summed E-state index contributed by atoms with van der Waals surface area (Å²) in [5.74, 6) is 0.270. The van der Waals surface area contributed by atoms with E-state index in [4.69, 9.17) is 28.9 Å². The van der Waals surface area contributed by atoms with Gasteiger partial charge in [0.15, 0.2) is 0 Å². The molecule has 2 saturated carbocycles. The Labute approximate surface area is 391 Å². The third-order valence-electron chi connectivity index (χ3n) is 15.0. The second-order valence-corrected chi connectivity index (χ2v) is 19.4. The van der Waals surface area contributed by atoms with Gasteiger partial charge in [-0.25, -0.2) is 4.39 Å². The van der Waals surface area contributed by atoms with E-state index in [0.717, 1.165) is 97.9 Å². The number of hydrogen-bond donors (Lipinski definition) is 2. The molecule has 0 bridgehead atoms. The van der Waals surface area contributed by atoms with Crippen molar-refractivity contribution in [3.05, 3.63) is 113 Å². The van der Waals surface area contributed by atoms with Gasteiger partial charge in [0, 0.05) is 50.5 Å². The number of allylic oxidation sites excluding steroid dienone is 1. The van der Waals surface area contributed by atoms with E-state index in [9.17, 15) is 14.6 Å². The number of hydrogen-bond acceptors (Lipinski definition) is 9. The average molecular weight is 907 g/mol. The Morgan fingerprint density at radius 3 is 2.38 bits per heavy atom. The standard InChI is InChI=1S/C55H71FN2O8/c1-4-30-63-55-50(58(36-40-19-22-42(56)23-20-40)51(61)27-21-39-13-5-6-14-39)35-48(57-66-52-17-9-12-31-62-52)46-33-41(15-7-10-28-59)45(16-8-11-29-60)53(54(46)55)47-34-44(25-26-49(47)65-55)64-43-24-18-37(2)38(3)32-43/h4,18-20,22-26,32-34,39,41,45,50,52-54,59-60H,1,5-17,21,27-31,35-36H2,2-3H3. The number of unbranched alkanes of at least 4 members (excludes halogenated alkanes) is 2. The van der Waals surface area contributed by atoms with Crippen molar-refractivity contribution in [1.29, 1.82) is 0 Å². The van der Waals surface area contributed by atoms with Gasteiger partial charge in [-0.2, -0.15) is 0 Å². The first kappa shape index (κ1) is 47.9. The zero-order valence-electron chi connectivity index (χ0n) is 39.1. The molecule has 3 aromatic rings. The number of carbonyl (C=O) groups excluding carboxylic acids is 1. The summed E-state index contributed by atoms with van der Waals surface area (Å²) in [6.45, 7) is 9.45. The molecule has 1 amide bonds. The van der Waals surface area contributed by atoms with Crippen molar-refractivity contribution in [2.45, 2.75) is 147 Å². The molecule has 0 radical (unpaired) electrons. The lowest BCUT2D eigenvalue weighted by Crippen LogP contribution is -2.70. The monoisotopic (exact) mass is 907 g/mol. The van der Waals surface area contributed by atoms with Crippen LogP contribution in [0.2, 0.25) is 0 Å². The summed E-state index contributed by atoms with van der Waals surface area (Å²) in [6, 6.07) is 17.9. The van der Waals surface area contributed by atoms with Crippen LogP contribution in [-0.4, -0.2) is 71.3 Å². The van der Waals surface area contributed by atoms with Crippen LogP contribution in [0.5, 0.6) is 17.2 Å². The Morgan fingerprint density at radius 1 is 0.909 bits per heavy atom. The first-order valence-electron chi connectivity index (χ1n) is 24.9. The molecule has 1 saturated heterocycles. The third kappa shape index (κ3) is 10.9. The van der Waals surface area contributed by atoms with Crippen LogP contribution in [0.3, 0.4) is 0 Å². The van der Waals surface area contributed by atoms with E-state index >= 15 is 4.79 Å². The van der Waals surface area contributed by atoms with Crippen LogP contribution < -0.4 is 9.47 Å². The highest BCUT2D eigenvalue weighted by atomic mass is 19.1. The van der Waals surface area contributed by atoms with Crippen LogP contribution in [0.15, 0.2) is 90.1 Å². The van der Waals surface area contributed by atoms with Crippen molar-refractivity contribution < 1.29 is 43.2 Å². The van der Waals surface area contributed by atoms with Crippen LogP contribution in [-0.2, 0) is 25.7 Å². The van der Waals surface area contributed by atoms with E-state index in [1.165, 1.54) is 30.5 Å². The van der Waals surface area contributed by atoms with Gasteiger partial charge < -0.3 is 38.9 Å². The number of fused-ring (bicyclic) bond motifs is 2. The summed E-state index contributed by atoms with van der Waals surface area (Å²) in [6.07, 6.45) is 17.0. The molecule has 10 nitrogen and oxygen atoms in total. The van der Waals surface area contributed by atoms with Crippen LogP contribution >= 0.6 is 0 Å². The van der Waals surface area contributed by atoms with Gasteiger partial charge in [-0.05, 0) is 141 Å². The maximum absolute atomic E-state index is 15.2. The summed E-state index contributed by atoms with van der Waals surface area (Å²) in [5, 5.41) is 25.1. The van der Waals surface area contributed by atoms with Gasteiger partial charge in [0.05, 0.1) is 24.8 Å². The number of halogens is 1. The molecule has 2 aliphatic heterocycles. The zero-order chi connectivity index (χ0) is 46.0. The quantitative estimate of drug-likeness (QED) is 0.0616. The van der Waals surface area contributed by atoms with Gasteiger partial charge in [0.2, 0.25) is 18.0 Å². The predicted octanol–water partition coefficient (Wildman–Crippen LogP) is 11.4. The number of nitrogens with zero attached hydrogens (tertiary/aromatic N) is 2. The summed E-state index contributed by atoms with van der Waals surface area (Å²) < 4.78 is 41.9. The smallest absolute Gasteiger partial charge is 0.239 e. The topological polar surface area (TPSA) is 119 Å². The molecule has 0 spiro atoms. The van der Waals surface area contributed by atoms with Crippen LogP contribution in [0.1, 0.15) is 131 Å². The Balaban J connectivity index is 1.32. The van der Waals surface area contributed by atoms with E-state index < -0.39 is 24.0 Å². The van der Waals surface area contributed by atoms with E-state index in [1.54, 1.807) is 18.2 Å². The van der Waals surface area contributed by atoms with Crippen molar-refractivity contribution in [3.63, 3.8) is 0 Å². The van der Waals surface area contributed by atoms with E-state index in [1.807, 2.05) is 23.1 Å². The SMILES string of the molecule is C=CCOC12Oc3ccc(Oc4ccc(C)c(C)c4)cc3C3C(CCCCO)C(CCCCO)C=C(C(=NOC4CCCCO4)CC1N(Cc1ccc(F)cc1)C(=O)CCC1CCCC1)C32. The van der Waals surface area contributed by atoms with Gasteiger partial charge in [-0.1, -0.05) is 74.0 Å². The van der Waals surface area contributed by atoms with Gasteiger partial charge >= 0.3 is 0 Å². The molecule has 3 aromatic carbocycles. The van der Waals surface area contributed by atoms with Gasteiger partial charge in [0.25, 0.3) is 0 Å². The van der Waals surface area contributed by atoms with E-state index in [2.05, 4.69) is 44.7 Å². The molecule has 2 heterocycles. The third-order valence-corrected chi connectivity index (χ3v) is 15.0. The number of amides is 1. The molecule has 356 valence electrons. The molecule has 11 heteroatoms. The second-order valence-electron chi connectivity index (χ2n) is 19.4. The van der Waals surface area contributed by atoms with E-state index in [0.29, 0.717) is 43.3 Å². The Morgan fingerprint density at radius 2 is 1.65 bits per heavy atom. The summed E-state index contributed by atoms with van der Waals surface area (Å²) >= 11 is 0. The van der Waals surface area contributed by atoms with Crippen LogP contribution in [0.4, 0.5) is 4.39 Å². The fourth-order valence-electron chi connectivity index (χ4n) is 11.5. The number of ether oxygens (including phenoxy) is 4. The number of aliphatic hydroxyl groups is 2. The summed E-state index contributed by atoms with van der Waals surface area (Å²) in [4.78, 5) is 23.5. The highest BCUT2D eigenvalue weighted by molar-refractivity contribution is 6.03. The maximum Gasteiger partial charge on any atom is 0.239 e. The molecule has 3 aliphatic carbocycles. The van der Waals surface area contributed by atoms with Crippen molar-refractivity contribution in [1.82, 2.24) is 4.90 Å². The molecule has 5 aliphatic rings. The minimum Gasteiger partial charge on any atom is -0.459 e. The fraction of sp³-hybridized carbons (Fsp3) is 0.564. The second kappa shape index (κ2) is 22.5. The molecule has 2 N–H and O–H groups in total. The lowest BCUT2D eigenvalue weighted by molar-refractivity contribution is -0.258. The number of aliphatic hydroxyl groups excluding tert-OH is 2. The van der Waals surface area contributed by atoms with Crippen molar-refractivity contribution >= 4 is 11.6 Å². The van der Waals surface area contributed by atoms with Crippen LogP contribution in [0, 0.1) is 43.3 Å². The Kier molecular flexibility index (Phi) is 16.3. The minimum atomic E-state index is -1.41. The van der Waals surface area contributed by atoms with E-state index in [-0.39, 0.29) is 62.3 Å². The van der Waals surface area contributed by atoms with Crippen molar-refractivity contribution in [2.75, 3.05) is 26.4 Å². The van der Waals surface area contributed by atoms with Crippen molar-refractivity contribution in [3.8, 4) is 17.2 Å². The summed E-state index contributed by atoms with van der Waals surface area (Å²) in [5.41, 5.74) is 5.80. The molecule has 7 unspecified atom stereocenters. The van der Waals surface area contributed by atoms with Gasteiger partial charge in [-0.3, -0.25) is 4.79 Å². The van der Waals surface area contributed by atoms with Gasteiger partial charge in [-0.15, -0.1) is 6.58 Å². The number of rotatable bonds is 21. The van der Waals surface area contributed by atoms with Gasteiger partial charge in [0.1, 0.15) is 29.1 Å². The minimum absolute atomic E-state index is 0.0126. The fourth-order valence-corrected chi connectivity index (χ4v) is 11.5. The average Bonchev–Trinajstić information content (AvgIpc) is 3.86. The lowest BCUT2D eigenvalue weighted by atomic mass is 9.55. The summed E-state index contributed by atoms with van der Waals surface area (Å²) in [7, 11) is 0. The molecule has 8 rings (SSSR count). The zero-order valence-corrected chi connectivity index (χ0v) is 39.1. The largest absolute Gasteiger partial charge is 0.459 e. The lowest BCUT2D eigenvalue weighted by Gasteiger charge is -2.60. The van der Waals surface area contributed by atoms with Crippen molar-refractivity contribution in [2.24, 2.45) is 28.8 Å². The predicted molar refractivity (Wildman–Crippen MR) is 254 cm³/mol. The maximum atomic E-state index is 15.2. The first-order chi connectivity index (χ1) is 32.2. The number of carbonyl (C=O) groups is 1. The highest BCUT2D eigenvalue weighted by Crippen LogP contribution is 2.62. The number of benzene rings is 3. The molecule has 0 aromatic heterocycles. The Hall–Kier alpha value is -4.55. The normalized spacial score (nSPS) is 26.5.